The van der Waals surface area contributed by atoms with Gasteiger partial charge in [0.05, 0.1) is 10.0 Å². The lowest BCUT2D eigenvalue weighted by Gasteiger charge is -2.33. The molecule has 1 N–H and O–H groups in total. The van der Waals surface area contributed by atoms with Crippen LogP contribution in [0.1, 0.15) is 26.7 Å². The molecule has 6 nitrogen and oxygen atoms in total. The highest BCUT2D eigenvalue weighted by molar-refractivity contribution is 6.42. The van der Waals surface area contributed by atoms with Gasteiger partial charge in [0.15, 0.2) is 6.61 Å². The van der Waals surface area contributed by atoms with E-state index >= 15 is 0 Å². The highest BCUT2D eigenvalue weighted by Crippen LogP contribution is 2.26. The van der Waals surface area contributed by atoms with Gasteiger partial charge in [0.2, 0.25) is 5.91 Å². The predicted octanol–water partition coefficient (Wildman–Crippen LogP) is 3.31. The second kappa shape index (κ2) is 10.5. The largest absolute Gasteiger partial charge is 0.484 e. The summed E-state index contributed by atoms with van der Waals surface area (Å²) in [6, 6.07) is 4.90. The Balaban J connectivity index is 1.74. The van der Waals surface area contributed by atoms with Crippen LogP contribution < -0.4 is 10.1 Å². The minimum absolute atomic E-state index is 0.0116. The number of nitrogens with one attached hydrogen (secondary N) is 1. The van der Waals surface area contributed by atoms with Crippen molar-refractivity contribution in [3.05, 3.63) is 28.2 Å². The van der Waals surface area contributed by atoms with Crippen LogP contribution in [0.15, 0.2) is 18.2 Å². The number of rotatable bonds is 8. The van der Waals surface area contributed by atoms with E-state index in [-0.39, 0.29) is 29.8 Å². The standard InChI is InChI=1S/C21H31Cl2N3O3/c1-21(2,14-25(3)4)13-24-20(28)15-7-9-26(10-8-15)19(27)12-29-16-5-6-17(22)18(23)11-16/h5-6,11,15H,7-10,12-14H2,1-4H3,(H,24,28). The Morgan fingerprint density at radius 1 is 1.21 bits per heavy atom. The van der Waals surface area contributed by atoms with Crippen molar-refractivity contribution in [1.29, 1.82) is 0 Å². The number of ether oxygens (including phenoxy) is 1. The third kappa shape index (κ3) is 7.68. The van der Waals surface area contributed by atoms with Gasteiger partial charge in [-0.2, -0.15) is 0 Å². The van der Waals surface area contributed by atoms with Gasteiger partial charge in [0, 0.05) is 38.2 Å². The molecule has 0 unspecified atom stereocenters. The first-order chi connectivity index (χ1) is 13.6. The smallest absolute Gasteiger partial charge is 0.260 e. The molecule has 8 heteroatoms. The second-order valence-corrected chi connectivity index (χ2v) is 9.45. The molecule has 0 atom stereocenters. The lowest BCUT2D eigenvalue weighted by molar-refractivity contribution is -0.137. The molecule has 2 amide bonds. The van der Waals surface area contributed by atoms with E-state index in [4.69, 9.17) is 27.9 Å². The van der Waals surface area contributed by atoms with Crippen molar-refractivity contribution < 1.29 is 14.3 Å². The molecule has 29 heavy (non-hydrogen) atoms. The van der Waals surface area contributed by atoms with Crippen molar-refractivity contribution >= 4 is 35.0 Å². The average molecular weight is 444 g/mol. The number of halogens is 2. The SMILES string of the molecule is CN(C)CC(C)(C)CNC(=O)C1CCN(C(=O)COc2ccc(Cl)c(Cl)c2)CC1. The van der Waals surface area contributed by atoms with Crippen molar-refractivity contribution in [3.63, 3.8) is 0 Å². The van der Waals surface area contributed by atoms with Crippen LogP contribution in [-0.4, -0.2) is 68.5 Å². The molecule has 0 radical (unpaired) electrons. The summed E-state index contributed by atoms with van der Waals surface area (Å²) in [5, 5.41) is 3.91. The quantitative estimate of drug-likeness (QED) is 0.669. The Kier molecular flexibility index (Phi) is 8.61. The molecular weight excluding hydrogens is 413 g/mol. The first-order valence-electron chi connectivity index (χ1n) is 9.85. The number of hydrogen-bond donors (Lipinski definition) is 1. The lowest BCUT2D eigenvalue weighted by atomic mass is 9.91. The van der Waals surface area contributed by atoms with E-state index in [1.807, 2.05) is 14.1 Å². The number of carbonyl (C=O) groups excluding carboxylic acids is 2. The van der Waals surface area contributed by atoms with Crippen LogP contribution in [-0.2, 0) is 9.59 Å². The average Bonchev–Trinajstić information content (AvgIpc) is 2.66. The van der Waals surface area contributed by atoms with Gasteiger partial charge in [-0.25, -0.2) is 0 Å². The molecule has 1 aromatic carbocycles. The third-order valence-electron chi connectivity index (χ3n) is 4.96. The molecule has 1 heterocycles. The number of nitrogens with zero attached hydrogens (tertiary/aromatic N) is 2. The van der Waals surface area contributed by atoms with Crippen LogP contribution in [0.25, 0.3) is 0 Å². The fourth-order valence-electron chi connectivity index (χ4n) is 3.58. The molecule has 0 saturated carbocycles. The number of hydrogen-bond acceptors (Lipinski definition) is 4. The minimum atomic E-state index is -0.0953. The predicted molar refractivity (Wildman–Crippen MR) is 117 cm³/mol. The number of likely N-dealkylation sites (tertiary alicyclic amines) is 1. The van der Waals surface area contributed by atoms with E-state index in [2.05, 4.69) is 24.1 Å². The zero-order valence-electron chi connectivity index (χ0n) is 17.6. The van der Waals surface area contributed by atoms with Crippen molar-refractivity contribution in [2.75, 3.05) is 46.9 Å². The minimum Gasteiger partial charge on any atom is -0.484 e. The van der Waals surface area contributed by atoms with Crippen LogP contribution in [0.2, 0.25) is 10.0 Å². The van der Waals surface area contributed by atoms with Crippen molar-refractivity contribution in [2.45, 2.75) is 26.7 Å². The van der Waals surface area contributed by atoms with Crippen molar-refractivity contribution in [2.24, 2.45) is 11.3 Å². The van der Waals surface area contributed by atoms with Gasteiger partial charge in [-0.15, -0.1) is 0 Å². The van der Waals surface area contributed by atoms with Gasteiger partial charge in [-0.3, -0.25) is 9.59 Å². The van der Waals surface area contributed by atoms with Crippen LogP contribution in [0.5, 0.6) is 5.75 Å². The molecule has 0 aromatic heterocycles. The molecule has 1 saturated heterocycles. The molecule has 0 bridgehead atoms. The first-order valence-corrected chi connectivity index (χ1v) is 10.6. The summed E-state index contributed by atoms with van der Waals surface area (Å²) in [6.07, 6.45) is 1.33. The van der Waals surface area contributed by atoms with E-state index in [1.165, 1.54) is 0 Å². The molecule has 0 aliphatic carbocycles. The number of amides is 2. The van der Waals surface area contributed by atoms with Crippen LogP contribution in [0.4, 0.5) is 0 Å². The summed E-state index contributed by atoms with van der Waals surface area (Å²) in [5.41, 5.74) is 0.0116. The summed E-state index contributed by atoms with van der Waals surface area (Å²) in [7, 11) is 4.06. The lowest BCUT2D eigenvalue weighted by Crippen LogP contribution is -2.46. The summed E-state index contributed by atoms with van der Waals surface area (Å²) in [6.45, 7) is 6.88. The fourth-order valence-corrected chi connectivity index (χ4v) is 3.86. The number of benzene rings is 1. The molecule has 2 rings (SSSR count). The monoisotopic (exact) mass is 443 g/mol. The molecule has 1 aliphatic rings. The Hall–Kier alpha value is -1.50. The summed E-state index contributed by atoms with van der Waals surface area (Å²) < 4.78 is 5.52. The normalized spacial score (nSPS) is 15.5. The maximum atomic E-state index is 12.5. The van der Waals surface area contributed by atoms with Gasteiger partial charge in [0.1, 0.15) is 5.75 Å². The Labute approximate surface area is 183 Å². The second-order valence-electron chi connectivity index (χ2n) is 8.64. The maximum Gasteiger partial charge on any atom is 0.260 e. The Bertz CT molecular complexity index is 717. The highest BCUT2D eigenvalue weighted by atomic mass is 35.5. The van der Waals surface area contributed by atoms with Crippen LogP contribution >= 0.6 is 23.2 Å². The summed E-state index contributed by atoms with van der Waals surface area (Å²) in [4.78, 5) is 28.8. The number of piperidine rings is 1. The van der Waals surface area contributed by atoms with Gasteiger partial charge in [-0.1, -0.05) is 37.0 Å². The van der Waals surface area contributed by atoms with Gasteiger partial charge >= 0.3 is 0 Å². The topological polar surface area (TPSA) is 61.9 Å². The Morgan fingerprint density at radius 2 is 1.86 bits per heavy atom. The maximum absolute atomic E-state index is 12.5. The van der Waals surface area contributed by atoms with E-state index < -0.39 is 0 Å². The molecule has 1 aliphatic heterocycles. The molecule has 162 valence electrons. The van der Waals surface area contributed by atoms with E-state index in [9.17, 15) is 9.59 Å². The number of carbonyl (C=O) groups is 2. The van der Waals surface area contributed by atoms with Gasteiger partial charge in [0.25, 0.3) is 5.91 Å². The van der Waals surface area contributed by atoms with Gasteiger partial charge < -0.3 is 19.9 Å². The first kappa shape index (κ1) is 23.8. The zero-order chi connectivity index (χ0) is 21.6. The third-order valence-corrected chi connectivity index (χ3v) is 5.70. The summed E-state index contributed by atoms with van der Waals surface area (Å²) >= 11 is 11.8. The highest BCUT2D eigenvalue weighted by Gasteiger charge is 2.28. The van der Waals surface area contributed by atoms with Crippen LogP contribution in [0, 0.1) is 11.3 Å². The van der Waals surface area contributed by atoms with Crippen LogP contribution in [0.3, 0.4) is 0 Å². The molecular formula is C21H31Cl2N3O3. The van der Waals surface area contributed by atoms with Gasteiger partial charge in [-0.05, 0) is 44.5 Å². The molecule has 0 spiro atoms. The zero-order valence-corrected chi connectivity index (χ0v) is 19.1. The van der Waals surface area contributed by atoms with E-state index in [0.29, 0.717) is 48.3 Å². The summed E-state index contributed by atoms with van der Waals surface area (Å²) in [5.74, 6) is 0.436. The van der Waals surface area contributed by atoms with E-state index in [0.717, 1.165) is 6.54 Å². The van der Waals surface area contributed by atoms with Crippen molar-refractivity contribution in [1.82, 2.24) is 15.1 Å². The van der Waals surface area contributed by atoms with Crippen molar-refractivity contribution in [3.8, 4) is 5.75 Å². The fraction of sp³-hybridized carbons (Fsp3) is 0.619. The Morgan fingerprint density at radius 3 is 2.45 bits per heavy atom. The molecule has 1 aromatic rings. The molecule has 1 fully saturated rings. The van der Waals surface area contributed by atoms with E-state index in [1.54, 1.807) is 23.1 Å².